The molecule has 0 aliphatic carbocycles. The number of hydrogen-bond acceptors (Lipinski definition) is 3. The molecule has 0 fully saturated rings. The maximum absolute atomic E-state index is 12.4. The fourth-order valence-corrected chi connectivity index (χ4v) is 2.68. The first-order chi connectivity index (χ1) is 10.0. The van der Waals surface area contributed by atoms with Gasteiger partial charge in [-0.05, 0) is 36.8 Å². The molecule has 0 saturated heterocycles. The van der Waals surface area contributed by atoms with Crippen LogP contribution in [-0.2, 0) is 0 Å². The predicted molar refractivity (Wildman–Crippen MR) is 85.1 cm³/mol. The van der Waals surface area contributed by atoms with E-state index in [4.69, 9.17) is 16.3 Å². The van der Waals surface area contributed by atoms with Gasteiger partial charge >= 0.3 is 0 Å². The van der Waals surface area contributed by atoms with Crippen molar-refractivity contribution in [3.63, 3.8) is 0 Å². The summed E-state index contributed by atoms with van der Waals surface area (Å²) in [5.74, 6) is 0.211. The zero-order chi connectivity index (χ0) is 15.9. The third-order valence-electron chi connectivity index (χ3n) is 4.19. The van der Waals surface area contributed by atoms with Crippen LogP contribution in [0.1, 0.15) is 43.5 Å². The summed E-state index contributed by atoms with van der Waals surface area (Å²) in [6.07, 6.45) is 2.45. The van der Waals surface area contributed by atoms with E-state index in [0.717, 1.165) is 12.8 Å². The molecule has 1 rings (SSSR count). The van der Waals surface area contributed by atoms with E-state index in [0.29, 0.717) is 29.3 Å². The first-order valence-corrected chi connectivity index (χ1v) is 7.63. The van der Waals surface area contributed by atoms with Crippen molar-refractivity contribution in [1.82, 2.24) is 5.32 Å². The Balaban J connectivity index is 2.87. The molecule has 4 nitrogen and oxygen atoms in total. The highest BCUT2D eigenvalue weighted by Gasteiger charge is 2.27. The lowest BCUT2D eigenvalue weighted by molar-refractivity contribution is 0.0904. The summed E-state index contributed by atoms with van der Waals surface area (Å²) in [7, 11) is 1.51. The molecule has 0 aliphatic heterocycles. The van der Waals surface area contributed by atoms with Crippen LogP contribution in [-0.4, -0.2) is 31.3 Å². The van der Waals surface area contributed by atoms with E-state index in [1.165, 1.54) is 7.11 Å². The molecule has 1 amide bonds. The van der Waals surface area contributed by atoms with Gasteiger partial charge in [0.15, 0.2) is 0 Å². The van der Waals surface area contributed by atoms with Crippen molar-refractivity contribution in [2.24, 2.45) is 5.41 Å². The van der Waals surface area contributed by atoms with E-state index in [1.807, 2.05) is 0 Å². The summed E-state index contributed by atoms with van der Waals surface area (Å²) >= 11 is 6.10. The number of benzene rings is 1. The summed E-state index contributed by atoms with van der Waals surface area (Å²) < 4.78 is 5.19. The molecule has 0 radical (unpaired) electrons. The van der Waals surface area contributed by atoms with Crippen LogP contribution in [0.5, 0.6) is 5.75 Å². The number of halogens is 1. The average Bonchev–Trinajstić information content (AvgIpc) is 2.51. The minimum absolute atomic E-state index is 0.0844. The molecule has 0 unspecified atom stereocenters. The lowest BCUT2D eigenvalue weighted by atomic mass is 9.79. The maximum Gasteiger partial charge on any atom is 0.256 e. The Kier molecular flexibility index (Phi) is 6.99. The van der Waals surface area contributed by atoms with Crippen LogP contribution >= 0.6 is 11.6 Å². The Bertz CT molecular complexity index is 473. The summed E-state index contributed by atoms with van der Waals surface area (Å²) in [6.45, 7) is 4.77. The van der Waals surface area contributed by atoms with Gasteiger partial charge in [0.05, 0.1) is 17.7 Å². The molecule has 1 aromatic rings. The van der Waals surface area contributed by atoms with Gasteiger partial charge in [0, 0.05) is 13.2 Å². The fourth-order valence-electron chi connectivity index (χ4n) is 2.43. The van der Waals surface area contributed by atoms with Crippen LogP contribution in [0, 0.1) is 5.41 Å². The fraction of sp³-hybridized carbons (Fsp3) is 0.562. The molecule has 118 valence electrons. The van der Waals surface area contributed by atoms with Gasteiger partial charge < -0.3 is 15.2 Å². The van der Waals surface area contributed by atoms with Gasteiger partial charge in [-0.15, -0.1) is 0 Å². The minimum atomic E-state index is -0.248. The molecular weight excluding hydrogens is 290 g/mol. The Morgan fingerprint density at radius 1 is 1.38 bits per heavy atom. The second-order valence-electron chi connectivity index (χ2n) is 5.18. The van der Waals surface area contributed by atoms with Crippen molar-refractivity contribution in [3.8, 4) is 5.75 Å². The lowest BCUT2D eigenvalue weighted by Crippen LogP contribution is -2.37. The number of methoxy groups -OCH3 is 1. The van der Waals surface area contributed by atoms with E-state index in [-0.39, 0.29) is 17.9 Å². The summed E-state index contributed by atoms with van der Waals surface area (Å²) in [4.78, 5) is 12.4. The van der Waals surface area contributed by atoms with Crippen molar-refractivity contribution in [2.45, 2.75) is 33.1 Å². The molecule has 0 atom stereocenters. The SMILES string of the molecule is CCC(CC)(CCO)CNC(=O)c1c(Cl)cccc1OC. The normalized spacial score (nSPS) is 11.3. The van der Waals surface area contributed by atoms with Gasteiger partial charge in [0.25, 0.3) is 5.91 Å². The molecule has 2 N–H and O–H groups in total. The van der Waals surface area contributed by atoms with Crippen molar-refractivity contribution < 1.29 is 14.6 Å². The zero-order valence-corrected chi connectivity index (χ0v) is 13.7. The Hall–Kier alpha value is -1.26. The van der Waals surface area contributed by atoms with E-state index in [1.54, 1.807) is 18.2 Å². The van der Waals surface area contributed by atoms with Crippen molar-refractivity contribution in [2.75, 3.05) is 20.3 Å². The van der Waals surface area contributed by atoms with Crippen LogP contribution < -0.4 is 10.1 Å². The zero-order valence-electron chi connectivity index (χ0n) is 12.9. The quantitative estimate of drug-likeness (QED) is 0.774. The van der Waals surface area contributed by atoms with Gasteiger partial charge in [-0.1, -0.05) is 31.5 Å². The summed E-state index contributed by atoms with van der Waals surface area (Å²) in [6, 6.07) is 5.12. The number of rotatable bonds is 8. The third-order valence-corrected chi connectivity index (χ3v) is 4.50. The van der Waals surface area contributed by atoms with Crippen LogP contribution in [0.4, 0.5) is 0 Å². The minimum Gasteiger partial charge on any atom is -0.496 e. The first kappa shape index (κ1) is 17.8. The van der Waals surface area contributed by atoms with Crippen LogP contribution in [0.25, 0.3) is 0 Å². The second kappa shape index (κ2) is 8.25. The monoisotopic (exact) mass is 313 g/mol. The molecule has 5 heteroatoms. The first-order valence-electron chi connectivity index (χ1n) is 7.25. The number of carbonyl (C=O) groups excluding carboxylic acids is 1. The number of hydrogen-bond donors (Lipinski definition) is 2. The average molecular weight is 314 g/mol. The Morgan fingerprint density at radius 3 is 2.57 bits per heavy atom. The molecule has 0 spiro atoms. The number of nitrogens with one attached hydrogen (secondary N) is 1. The molecule has 0 saturated carbocycles. The molecule has 21 heavy (non-hydrogen) atoms. The van der Waals surface area contributed by atoms with E-state index in [9.17, 15) is 9.90 Å². The van der Waals surface area contributed by atoms with E-state index >= 15 is 0 Å². The number of carbonyl (C=O) groups is 1. The molecule has 1 aromatic carbocycles. The standard InChI is InChI=1S/C16H24ClNO3/c1-4-16(5-2,9-10-19)11-18-15(20)14-12(17)7-6-8-13(14)21-3/h6-8,19H,4-5,9-11H2,1-3H3,(H,18,20). The van der Waals surface area contributed by atoms with Gasteiger partial charge in [-0.3, -0.25) is 4.79 Å². The van der Waals surface area contributed by atoms with Crippen LogP contribution in [0.15, 0.2) is 18.2 Å². The number of aliphatic hydroxyl groups excluding tert-OH is 1. The number of aliphatic hydroxyl groups is 1. The van der Waals surface area contributed by atoms with Crippen LogP contribution in [0.3, 0.4) is 0 Å². The van der Waals surface area contributed by atoms with Crippen molar-refractivity contribution >= 4 is 17.5 Å². The highest BCUT2D eigenvalue weighted by molar-refractivity contribution is 6.34. The maximum atomic E-state index is 12.4. The highest BCUT2D eigenvalue weighted by Crippen LogP contribution is 2.30. The highest BCUT2D eigenvalue weighted by atomic mass is 35.5. The topological polar surface area (TPSA) is 58.6 Å². The lowest BCUT2D eigenvalue weighted by Gasteiger charge is -2.31. The number of amides is 1. The van der Waals surface area contributed by atoms with Crippen molar-refractivity contribution in [1.29, 1.82) is 0 Å². The van der Waals surface area contributed by atoms with Gasteiger partial charge in [-0.2, -0.15) is 0 Å². The largest absolute Gasteiger partial charge is 0.496 e. The Labute approximate surface area is 131 Å². The summed E-state index contributed by atoms with van der Waals surface area (Å²) in [5, 5.41) is 12.5. The van der Waals surface area contributed by atoms with Crippen molar-refractivity contribution in [3.05, 3.63) is 28.8 Å². The smallest absolute Gasteiger partial charge is 0.256 e. The Morgan fingerprint density at radius 2 is 2.05 bits per heavy atom. The molecule has 0 aliphatic rings. The predicted octanol–water partition coefficient (Wildman–Crippen LogP) is 3.27. The summed E-state index contributed by atoms with van der Waals surface area (Å²) in [5.41, 5.74) is 0.269. The van der Waals surface area contributed by atoms with Gasteiger partial charge in [-0.25, -0.2) is 0 Å². The van der Waals surface area contributed by atoms with E-state index < -0.39 is 0 Å². The molecule has 0 heterocycles. The van der Waals surface area contributed by atoms with Crippen LogP contribution in [0.2, 0.25) is 5.02 Å². The number of ether oxygens (including phenoxy) is 1. The third kappa shape index (κ3) is 4.35. The van der Waals surface area contributed by atoms with E-state index in [2.05, 4.69) is 19.2 Å². The van der Waals surface area contributed by atoms with Gasteiger partial charge in [0.1, 0.15) is 5.75 Å². The molecule has 0 bridgehead atoms. The van der Waals surface area contributed by atoms with Gasteiger partial charge in [0.2, 0.25) is 0 Å². The molecule has 0 aromatic heterocycles. The second-order valence-corrected chi connectivity index (χ2v) is 5.59. The molecular formula is C16H24ClNO3.